The lowest BCUT2D eigenvalue weighted by Crippen LogP contribution is -2.34. The number of aromatic nitrogens is 4. The second kappa shape index (κ2) is 6.84. The lowest BCUT2D eigenvalue weighted by molar-refractivity contribution is 0.474. The third-order valence-corrected chi connectivity index (χ3v) is 4.84. The Bertz CT molecular complexity index is 852. The van der Waals surface area contributed by atoms with E-state index in [0.29, 0.717) is 5.02 Å². The smallest absolute Gasteiger partial charge is 0.181 e. The highest BCUT2D eigenvalue weighted by atomic mass is 35.5. The molecular formula is C19H22ClN5. The molecule has 0 spiro atoms. The maximum absolute atomic E-state index is 5.99. The molecule has 130 valence electrons. The Balaban J connectivity index is 2.05. The summed E-state index contributed by atoms with van der Waals surface area (Å²) in [7, 11) is 0. The Morgan fingerprint density at radius 3 is 2.32 bits per heavy atom. The maximum atomic E-state index is 5.99. The normalized spacial score (nSPS) is 13.5. The second-order valence-corrected chi connectivity index (χ2v) is 6.91. The number of halogens is 1. The summed E-state index contributed by atoms with van der Waals surface area (Å²) in [6, 6.07) is 13.9. The fourth-order valence-electron chi connectivity index (χ4n) is 2.98. The van der Waals surface area contributed by atoms with E-state index in [4.69, 9.17) is 11.6 Å². The van der Waals surface area contributed by atoms with Gasteiger partial charge in [0.2, 0.25) is 0 Å². The van der Waals surface area contributed by atoms with Crippen molar-refractivity contribution in [2.24, 2.45) is 0 Å². The van der Waals surface area contributed by atoms with E-state index in [9.17, 15) is 0 Å². The topological polar surface area (TPSA) is 55.6 Å². The van der Waals surface area contributed by atoms with Crippen molar-refractivity contribution in [1.29, 1.82) is 0 Å². The predicted molar refractivity (Wildman–Crippen MR) is 101 cm³/mol. The van der Waals surface area contributed by atoms with Crippen LogP contribution in [-0.4, -0.2) is 20.2 Å². The molecule has 0 aliphatic heterocycles. The molecule has 1 unspecified atom stereocenters. The average Bonchev–Trinajstić information content (AvgIpc) is 3.07. The average molecular weight is 356 g/mol. The van der Waals surface area contributed by atoms with Gasteiger partial charge in [0.1, 0.15) is 0 Å². The van der Waals surface area contributed by atoms with Crippen LogP contribution in [0.5, 0.6) is 0 Å². The zero-order valence-corrected chi connectivity index (χ0v) is 15.7. The standard InChI is InChI=1S/C19H22ClN5/c1-5-19(4,21-16-11-9-15(20)10-12-16)18-22-23-24-25(18)17-13(2)7-6-8-14(17)3/h6-12,21H,5H2,1-4H3. The van der Waals surface area contributed by atoms with E-state index in [1.54, 1.807) is 0 Å². The summed E-state index contributed by atoms with van der Waals surface area (Å²) in [4.78, 5) is 0. The summed E-state index contributed by atoms with van der Waals surface area (Å²) in [5.41, 5.74) is 3.85. The van der Waals surface area contributed by atoms with Gasteiger partial charge in [0.25, 0.3) is 0 Å². The molecule has 1 aromatic heterocycles. The molecule has 25 heavy (non-hydrogen) atoms. The van der Waals surface area contributed by atoms with Crippen molar-refractivity contribution in [2.75, 3.05) is 5.32 Å². The van der Waals surface area contributed by atoms with Gasteiger partial charge in [-0.2, -0.15) is 4.68 Å². The third-order valence-electron chi connectivity index (χ3n) is 4.59. The van der Waals surface area contributed by atoms with Crippen molar-refractivity contribution in [3.05, 3.63) is 64.4 Å². The first kappa shape index (κ1) is 17.4. The zero-order chi connectivity index (χ0) is 18.0. The van der Waals surface area contributed by atoms with Gasteiger partial charge in [-0.25, -0.2) is 0 Å². The molecule has 0 saturated carbocycles. The molecular weight excluding hydrogens is 334 g/mol. The summed E-state index contributed by atoms with van der Waals surface area (Å²) in [6.45, 7) is 8.37. The molecule has 0 bridgehead atoms. The first-order valence-corrected chi connectivity index (χ1v) is 8.71. The van der Waals surface area contributed by atoms with Crippen LogP contribution in [0.15, 0.2) is 42.5 Å². The molecule has 5 nitrogen and oxygen atoms in total. The van der Waals surface area contributed by atoms with Crippen molar-refractivity contribution < 1.29 is 0 Å². The largest absolute Gasteiger partial charge is 0.373 e. The van der Waals surface area contributed by atoms with Crippen molar-refractivity contribution in [3.63, 3.8) is 0 Å². The number of hydrogen-bond acceptors (Lipinski definition) is 4. The zero-order valence-electron chi connectivity index (χ0n) is 14.9. The van der Waals surface area contributed by atoms with Crippen molar-refractivity contribution in [3.8, 4) is 5.69 Å². The first-order chi connectivity index (χ1) is 11.9. The Morgan fingerprint density at radius 2 is 1.72 bits per heavy atom. The van der Waals surface area contributed by atoms with Gasteiger partial charge in [0.05, 0.1) is 11.2 Å². The number of rotatable bonds is 5. The van der Waals surface area contributed by atoms with Crippen LogP contribution in [0, 0.1) is 13.8 Å². The molecule has 0 radical (unpaired) electrons. The fourth-order valence-corrected chi connectivity index (χ4v) is 3.10. The van der Waals surface area contributed by atoms with Crippen LogP contribution in [0.25, 0.3) is 5.69 Å². The molecule has 0 fully saturated rings. The summed E-state index contributed by atoms with van der Waals surface area (Å²) < 4.78 is 1.84. The Kier molecular flexibility index (Phi) is 4.77. The van der Waals surface area contributed by atoms with Crippen molar-refractivity contribution >= 4 is 17.3 Å². The Labute approximate surface area is 153 Å². The van der Waals surface area contributed by atoms with Gasteiger partial charge >= 0.3 is 0 Å². The lowest BCUT2D eigenvalue weighted by atomic mass is 9.96. The van der Waals surface area contributed by atoms with E-state index in [1.807, 2.05) is 35.0 Å². The van der Waals surface area contributed by atoms with Crippen LogP contribution < -0.4 is 5.32 Å². The minimum atomic E-state index is -0.425. The monoisotopic (exact) mass is 355 g/mol. The van der Waals surface area contributed by atoms with Gasteiger partial charge in [-0.3, -0.25) is 0 Å². The van der Waals surface area contributed by atoms with E-state index in [2.05, 4.69) is 60.7 Å². The highest BCUT2D eigenvalue weighted by molar-refractivity contribution is 6.30. The van der Waals surface area contributed by atoms with E-state index in [-0.39, 0.29) is 0 Å². The molecule has 1 N–H and O–H groups in total. The van der Waals surface area contributed by atoms with Crippen molar-refractivity contribution in [1.82, 2.24) is 20.2 Å². The van der Waals surface area contributed by atoms with Gasteiger partial charge in [0, 0.05) is 10.7 Å². The van der Waals surface area contributed by atoms with Gasteiger partial charge in [-0.1, -0.05) is 36.7 Å². The molecule has 3 aromatic rings. The van der Waals surface area contributed by atoms with Crippen LogP contribution >= 0.6 is 11.6 Å². The molecule has 1 atom stereocenters. The number of aryl methyl sites for hydroxylation is 2. The molecule has 3 rings (SSSR count). The van der Waals surface area contributed by atoms with E-state index >= 15 is 0 Å². The summed E-state index contributed by atoms with van der Waals surface area (Å²) in [5.74, 6) is 0.780. The number of nitrogens with zero attached hydrogens (tertiary/aromatic N) is 4. The number of hydrogen-bond donors (Lipinski definition) is 1. The van der Waals surface area contributed by atoms with Crippen LogP contribution in [0.4, 0.5) is 5.69 Å². The highest BCUT2D eigenvalue weighted by Crippen LogP contribution is 2.30. The third kappa shape index (κ3) is 3.37. The maximum Gasteiger partial charge on any atom is 0.181 e. The second-order valence-electron chi connectivity index (χ2n) is 6.47. The Hall–Kier alpha value is -2.40. The summed E-state index contributed by atoms with van der Waals surface area (Å²) in [5, 5.41) is 16.8. The summed E-state index contributed by atoms with van der Waals surface area (Å²) >= 11 is 5.99. The van der Waals surface area contributed by atoms with Crippen LogP contribution in [0.3, 0.4) is 0 Å². The van der Waals surface area contributed by atoms with E-state index in [1.165, 1.54) is 0 Å². The van der Waals surface area contributed by atoms with Crippen LogP contribution in [-0.2, 0) is 5.54 Å². The first-order valence-electron chi connectivity index (χ1n) is 8.34. The predicted octanol–water partition coefficient (Wildman–Crippen LogP) is 4.67. The van der Waals surface area contributed by atoms with Crippen molar-refractivity contribution in [2.45, 2.75) is 39.7 Å². The SMILES string of the molecule is CCC(C)(Nc1ccc(Cl)cc1)c1nnnn1-c1c(C)cccc1C. The van der Waals surface area contributed by atoms with E-state index < -0.39 is 5.54 Å². The number of para-hydroxylation sites is 1. The number of tetrazole rings is 1. The van der Waals surface area contributed by atoms with Crippen LogP contribution in [0.2, 0.25) is 5.02 Å². The molecule has 0 aliphatic rings. The molecule has 0 aliphatic carbocycles. The number of nitrogens with one attached hydrogen (secondary N) is 1. The van der Waals surface area contributed by atoms with E-state index in [0.717, 1.165) is 34.7 Å². The number of anilines is 1. The van der Waals surface area contributed by atoms with Gasteiger partial charge < -0.3 is 5.32 Å². The highest BCUT2D eigenvalue weighted by Gasteiger charge is 2.32. The molecule has 0 saturated heterocycles. The lowest BCUT2D eigenvalue weighted by Gasteiger charge is -2.30. The number of benzene rings is 2. The minimum Gasteiger partial charge on any atom is -0.373 e. The molecule has 6 heteroatoms. The van der Waals surface area contributed by atoms with Crippen LogP contribution in [0.1, 0.15) is 37.2 Å². The fraction of sp³-hybridized carbons (Fsp3) is 0.316. The molecule has 2 aromatic carbocycles. The summed E-state index contributed by atoms with van der Waals surface area (Å²) in [6.07, 6.45) is 0.820. The molecule has 1 heterocycles. The van der Waals surface area contributed by atoms with Gasteiger partial charge in [-0.05, 0) is 73.0 Å². The van der Waals surface area contributed by atoms with Gasteiger partial charge in [-0.15, -0.1) is 5.10 Å². The Morgan fingerprint density at radius 1 is 1.08 bits per heavy atom. The van der Waals surface area contributed by atoms with Gasteiger partial charge in [0.15, 0.2) is 5.82 Å². The minimum absolute atomic E-state index is 0.425. The quantitative estimate of drug-likeness (QED) is 0.722. The molecule has 0 amide bonds.